The molecule has 1 N–H and O–H groups in total. The fraction of sp³-hybridized carbons (Fsp3) is 0.375. The highest BCUT2D eigenvalue weighted by Crippen LogP contribution is 2.28. The second kappa shape index (κ2) is 12.8. The van der Waals surface area contributed by atoms with Gasteiger partial charge >= 0.3 is 0 Å². The molecule has 41 heavy (non-hydrogen) atoms. The van der Waals surface area contributed by atoms with Crippen LogP contribution in [0.25, 0.3) is 0 Å². The van der Waals surface area contributed by atoms with E-state index < -0.39 is 34.1 Å². The van der Waals surface area contributed by atoms with E-state index in [0.717, 1.165) is 21.0 Å². The number of nitrogens with one attached hydrogen (secondary N) is 1. The van der Waals surface area contributed by atoms with Crippen molar-refractivity contribution in [1.82, 2.24) is 10.2 Å². The maximum Gasteiger partial charge on any atom is 0.264 e. The van der Waals surface area contributed by atoms with Crippen LogP contribution in [0.15, 0.2) is 71.6 Å². The Hall–Kier alpha value is -3.85. The van der Waals surface area contributed by atoms with Crippen LogP contribution < -0.4 is 14.4 Å². The van der Waals surface area contributed by atoms with Gasteiger partial charge in [0.25, 0.3) is 10.0 Å². The minimum absolute atomic E-state index is 0.0775. The molecule has 3 aromatic carbocycles. The Morgan fingerprint density at radius 3 is 2.15 bits per heavy atom. The van der Waals surface area contributed by atoms with E-state index in [2.05, 4.69) is 5.32 Å². The molecular formula is C32H41N3O5S. The van der Waals surface area contributed by atoms with Crippen LogP contribution in [-0.2, 0) is 26.2 Å². The van der Waals surface area contributed by atoms with Crippen LogP contribution in [0.4, 0.5) is 5.69 Å². The highest BCUT2D eigenvalue weighted by Gasteiger charge is 2.34. The quantitative estimate of drug-likeness (QED) is 0.359. The van der Waals surface area contributed by atoms with E-state index in [1.54, 1.807) is 62.6 Å². The van der Waals surface area contributed by atoms with E-state index in [0.29, 0.717) is 17.0 Å². The number of anilines is 1. The van der Waals surface area contributed by atoms with E-state index in [1.807, 2.05) is 59.7 Å². The van der Waals surface area contributed by atoms with Crippen molar-refractivity contribution in [3.05, 3.63) is 89.0 Å². The van der Waals surface area contributed by atoms with E-state index >= 15 is 0 Å². The fourth-order valence-electron chi connectivity index (χ4n) is 4.46. The number of benzene rings is 3. The monoisotopic (exact) mass is 579 g/mol. The van der Waals surface area contributed by atoms with E-state index in [9.17, 15) is 18.0 Å². The second-order valence-electron chi connectivity index (χ2n) is 11.4. The standard InChI is InChI=1S/C32H41N3O5S/c1-22-12-15-28(16-13-22)41(38,39)35(29-17-14-23(2)18-24(29)3)21-30(36)34(25(4)31(37)33-32(5,6)7)20-26-10-9-11-27(19-26)40-8/h9-19,25H,20-21H2,1-8H3,(H,33,37)/t25-/m1/s1. The molecule has 0 radical (unpaired) electrons. The number of hydrogen-bond donors (Lipinski definition) is 1. The van der Waals surface area contributed by atoms with Gasteiger partial charge in [0.05, 0.1) is 17.7 Å². The van der Waals surface area contributed by atoms with Gasteiger partial charge in [0.15, 0.2) is 0 Å². The number of carbonyl (C=O) groups excluding carboxylic acids is 2. The van der Waals surface area contributed by atoms with Crippen LogP contribution in [0.5, 0.6) is 5.75 Å². The molecule has 3 rings (SSSR count). The van der Waals surface area contributed by atoms with Crippen molar-refractivity contribution >= 4 is 27.5 Å². The zero-order valence-electron chi connectivity index (χ0n) is 25.2. The Morgan fingerprint density at radius 2 is 1.56 bits per heavy atom. The van der Waals surface area contributed by atoms with Crippen LogP contribution in [-0.4, -0.2) is 50.4 Å². The molecule has 0 aliphatic carbocycles. The number of sulfonamides is 1. The molecule has 9 heteroatoms. The van der Waals surface area contributed by atoms with Crippen molar-refractivity contribution in [1.29, 1.82) is 0 Å². The number of nitrogens with zero attached hydrogens (tertiary/aromatic N) is 2. The van der Waals surface area contributed by atoms with Crippen molar-refractivity contribution in [2.75, 3.05) is 18.0 Å². The average molecular weight is 580 g/mol. The molecule has 0 aromatic heterocycles. The molecule has 0 bridgehead atoms. The normalized spacial score (nSPS) is 12.4. The summed E-state index contributed by atoms with van der Waals surface area (Å²) in [6.45, 7) is 12.4. The maximum absolute atomic E-state index is 14.1. The van der Waals surface area contributed by atoms with Gasteiger partial charge in [-0.25, -0.2) is 8.42 Å². The first-order valence-electron chi connectivity index (χ1n) is 13.5. The summed E-state index contributed by atoms with van der Waals surface area (Å²) in [7, 11) is -2.57. The predicted molar refractivity (Wildman–Crippen MR) is 163 cm³/mol. The molecule has 1 atom stereocenters. The summed E-state index contributed by atoms with van der Waals surface area (Å²) in [6, 6.07) is 18.3. The Morgan fingerprint density at radius 1 is 0.927 bits per heavy atom. The van der Waals surface area contributed by atoms with Gasteiger partial charge in [-0.2, -0.15) is 0 Å². The molecule has 220 valence electrons. The lowest BCUT2D eigenvalue weighted by Gasteiger charge is -2.34. The van der Waals surface area contributed by atoms with Crippen molar-refractivity contribution in [2.45, 2.75) is 71.5 Å². The molecule has 2 amide bonds. The summed E-state index contributed by atoms with van der Waals surface area (Å²) in [6.07, 6.45) is 0. The van der Waals surface area contributed by atoms with Gasteiger partial charge in [-0.3, -0.25) is 13.9 Å². The number of rotatable bonds is 10. The predicted octanol–water partition coefficient (Wildman–Crippen LogP) is 5.15. The number of hydrogen-bond acceptors (Lipinski definition) is 5. The molecule has 0 aliphatic heterocycles. The number of amides is 2. The molecule has 8 nitrogen and oxygen atoms in total. The van der Waals surface area contributed by atoms with Crippen LogP contribution in [0.2, 0.25) is 0 Å². The van der Waals surface area contributed by atoms with Crippen LogP contribution in [0.3, 0.4) is 0 Å². The first kappa shape index (κ1) is 31.7. The zero-order valence-corrected chi connectivity index (χ0v) is 26.0. The van der Waals surface area contributed by atoms with Crippen LogP contribution in [0.1, 0.15) is 49.9 Å². The molecule has 0 heterocycles. The van der Waals surface area contributed by atoms with Gasteiger partial charge in [-0.15, -0.1) is 0 Å². The van der Waals surface area contributed by atoms with Gasteiger partial charge < -0.3 is 15.0 Å². The van der Waals surface area contributed by atoms with E-state index in [4.69, 9.17) is 4.74 Å². The van der Waals surface area contributed by atoms with Crippen LogP contribution in [0, 0.1) is 20.8 Å². The lowest BCUT2D eigenvalue weighted by molar-refractivity contribution is -0.140. The maximum atomic E-state index is 14.1. The first-order valence-corrected chi connectivity index (χ1v) is 15.0. The number of methoxy groups -OCH3 is 1. The Kier molecular flexibility index (Phi) is 9.86. The SMILES string of the molecule is COc1cccc(CN(C(=O)CN(c2ccc(C)cc2C)S(=O)(=O)c2ccc(C)cc2)[C@H](C)C(=O)NC(C)(C)C)c1. The number of aryl methyl sites for hydroxylation is 3. The molecule has 0 fully saturated rings. The van der Waals surface area contributed by atoms with Crippen molar-refractivity contribution in [2.24, 2.45) is 0 Å². The summed E-state index contributed by atoms with van der Waals surface area (Å²) in [5.74, 6) is -0.242. The van der Waals surface area contributed by atoms with E-state index in [-0.39, 0.29) is 17.3 Å². The van der Waals surface area contributed by atoms with Gasteiger partial charge in [-0.05, 0) is 89.9 Å². The summed E-state index contributed by atoms with van der Waals surface area (Å²) in [4.78, 5) is 28.9. The topological polar surface area (TPSA) is 96.0 Å². The smallest absolute Gasteiger partial charge is 0.264 e. The summed E-state index contributed by atoms with van der Waals surface area (Å²) in [5.41, 5.74) is 3.23. The molecule has 3 aromatic rings. The van der Waals surface area contributed by atoms with Gasteiger partial charge in [0, 0.05) is 12.1 Å². The largest absolute Gasteiger partial charge is 0.497 e. The highest BCUT2D eigenvalue weighted by atomic mass is 32.2. The van der Waals surface area contributed by atoms with Gasteiger partial charge in [0.1, 0.15) is 18.3 Å². The lowest BCUT2D eigenvalue weighted by atomic mass is 10.1. The molecule has 0 unspecified atom stereocenters. The fourth-order valence-corrected chi connectivity index (χ4v) is 5.94. The summed E-state index contributed by atoms with van der Waals surface area (Å²) in [5, 5.41) is 2.93. The Bertz CT molecular complexity index is 1490. The van der Waals surface area contributed by atoms with Crippen molar-refractivity contribution in [3.8, 4) is 5.75 Å². The first-order chi connectivity index (χ1) is 19.1. The minimum atomic E-state index is -4.13. The third-order valence-electron chi connectivity index (χ3n) is 6.66. The molecule has 0 saturated carbocycles. The lowest BCUT2D eigenvalue weighted by Crippen LogP contribution is -2.54. The summed E-state index contributed by atoms with van der Waals surface area (Å²) < 4.78 is 34.6. The van der Waals surface area contributed by atoms with Gasteiger partial charge in [-0.1, -0.05) is 47.5 Å². The second-order valence-corrected chi connectivity index (χ2v) is 13.3. The average Bonchev–Trinajstić information content (AvgIpc) is 2.89. The van der Waals surface area contributed by atoms with Crippen molar-refractivity contribution < 1.29 is 22.7 Å². The third kappa shape index (κ3) is 8.10. The highest BCUT2D eigenvalue weighted by molar-refractivity contribution is 7.92. The zero-order chi connectivity index (χ0) is 30.5. The molecule has 0 saturated heterocycles. The minimum Gasteiger partial charge on any atom is -0.497 e. The van der Waals surface area contributed by atoms with Crippen LogP contribution >= 0.6 is 0 Å². The molecular weight excluding hydrogens is 538 g/mol. The number of ether oxygens (including phenoxy) is 1. The van der Waals surface area contributed by atoms with Gasteiger partial charge in [0.2, 0.25) is 11.8 Å². The van der Waals surface area contributed by atoms with Crippen molar-refractivity contribution in [3.63, 3.8) is 0 Å². The number of carbonyl (C=O) groups is 2. The molecule has 0 aliphatic rings. The Labute approximate surface area is 244 Å². The summed E-state index contributed by atoms with van der Waals surface area (Å²) >= 11 is 0. The third-order valence-corrected chi connectivity index (χ3v) is 8.44. The molecule has 0 spiro atoms. The van der Waals surface area contributed by atoms with E-state index in [1.165, 1.54) is 4.90 Å². The Balaban J connectivity index is 2.08.